The largest absolute Gasteiger partial charge is 0.337 e. The van der Waals surface area contributed by atoms with Crippen LogP contribution in [0.15, 0.2) is 40.9 Å². The zero-order valence-corrected chi connectivity index (χ0v) is 14.1. The maximum Gasteiger partial charge on any atom is 0.253 e. The molecule has 0 radical (unpaired) electrons. The maximum atomic E-state index is 13.5. The third kappa shape index (κ3) is 4.19. The monoisotopic (exact) mass is 389 g/mol. The van der Waals surface area contributed by atoms with Gasteiger partial charge in [-0.2, -0.15) is 0 Å². The van der Waals surface area contributed by atoms with Crippen molar-refractivity contribution in [3.05, 3.63) is 67.9 Å². The predicted molar refractivity (Wildman–Crippen MR) is 86.4 cm³/mol. The number of carbonyl (C=O) groups excluding carboxylic acids is 1. The van der Waals surface area contributed by atoms with Crippen molar-refractivity contribution in [2.45, 2.75) is 6.54 Å². The molecule has 0 aliphatic rings. The van der Waals surface area contributed by atoms with Crippen molar-refractivity contribution < 1.29 is 9.18 Å². The fraction of sp³-hybridized carbons (Fsp3) is 0.133. The topological polar surface area (TPSA) is 20.3 Å². The maximum absolute atomic E-state index is 13.5. The van der Waals surface area contributed by atoms with Gasteiger partial charge >= 0.3 is 0 Å². The van der Waals surface area contributed by atoms with Crippen molar-refractivity contribution in [3.63, 3.8) is 0 Å². The number of carbonyl (C=O) groups is 1. The van der Waals surface area contributed by atoms with Crippen molar-refractivity contribution in [1.82, 2.24) is 4.90 Å². The summed E-state index contributed by atoms with van der Waals surface area (Å²) in [5.41, 5.74) is 1.09. The molecule has 0 fully saturated rings. The van der Waals surface area contributed by atoms with Crippen LogP contribution in [0.25, 0.3) is 0 Å². The molecular formula is C15H11BrCl2FNO. The van der Waals surface area contributed by atoms with Gasteiger partial charge in [0.25, 0.3) is 5.91 Å². The first-order valence-corrected chi connectivity index (χ1v) is 7.57. The number of rotatable bonds is 3. The molecule has 0 atom stereocenters. The summed E-state index contributed by atoms with van der Waals surface area (Å²) in [6.07, 6.45) is 0. The number of nitrogens with zero attached hydrogens (tertiary/aromatic N) is 1. The minimum Gasteiger partial charge on any atom is -0.337 e. The van der Waals surface area contributed by atoms with E-state index in [0.717, 1.165) is 5.56 Å². The van der Waals surface area contributed by atoms with Gasteiger partial charge in [-0.15, -0.1) is 0 Å². The van der Waals surface area contributed by atoms with Crippen LogP contribution in [-0.4, -0.2) is 17.9 Å². The van der Waals surface area contributed by atoms with E-state index >= 15 is 0 Å². The molecular weight excluding hydrogens is 380 g/mol. The van der Waals surface area contributed by atoms with E-state index in [-0.39, 0.29) is 11.5 Å². The molecule has 2 aromatic rings. The smallest absolute Gasteiger partial charge is 0.253 e. The van der Waals surface area contributed by atoms with Gasteiger partial charge in [-0.05, 0) is 57.9 Å². The van der Waals surface area contributed by atoms with E-state index in [1.165, 1.54) is 17.0 Å². The lowest BCUT2D eigenvalue weighted by Crippen LogP contribution is -2.26. The standard InChI is InChI=1S/C15H11BrCl2FNO/c1-20(8-9-4-11(17)7-12(18)5-9)15(21)10-2-3-13(16)14(19)6-10/h2-7H,8H2,1H3. The quantitative estimate of drug-likeness (QED) is 0.708. The van der Waals surface area contributed by atoms with Gasteiger partial charge < -0.3 is 4.90 Å². The van der Waals surface area contributed by atoms with E-state index < -0.39 is 5.82 Å². The zero-order valence-electron chi connectivity index (χ0n) is 11.0. The fourth-order valence-corrected chi connectivity index (χ4v) is 2.72. The molecule has 0 N–H and O–H groups in total. The number of hydrogen-bond acceptors (Lipinski definition) is 1. The van der Waals surface area contributed by atoms with Crippen molar-refractivity contribution in [1.29, 1.82) is 0 Å². The Kier molecular flexibility index (Phi) is 5.25. The van der Waals surface area contributed by atoms with Crippen LogP contribution >= 0.6 is 39.1 Å². The lowest BCUT2D eigenvalue weighted by Gasteiger charge is -2.18. The highest BCUT2D eigenvalue weighted by molar-refractivity contribution is 9.10. The molecule has 2 nitrogen and oxygen atoms in total. The Morgan fingerprint density at radius 1 is 1.19 bits per heavy atom. The van der Waals surface area contributed by atoms with Crippen molar-refractivity contribution in [2.24, 2.45) is 0 Å². The Labute approximate surface area is 140 Å². The average Bonchev–Trinajstić information content (AvgIpc) is 2.39. The van der Waals surface area contributed by atoms with E-state index in [0.29, 0.717) is 21.1 Å². The van der Waals surface area contributed by atoms with Crippen molar-refractivity contribution >= 4 is 45.0 Å². The van der Waals surface area contributed by atoms with Crippen LogP contribution in [0.5, 0.6) is 0 Å². The second-order valence-electron chi connectivity index (χ2n) is 4.57. The first-order valence-electron chi connectivity index (χ1n) is 6.02. The van der Waals surface area contributed by atoms with Crippen molar-refractivity contribution in [2.75, 3.05) is 7.05 Å². The molecule has 0 saturated carbocycles. The summed E-state index contributed by atoms with van der Waals surface area (Å²) < 4.78 is 13.8. The Hall–Kier alpha value is -1.10. The highest BCUT2D eigenvalue weighted by Gasteiger charge is 2.14. The van der Waals surface area contributed by atoms with Crippen molar-refractivity contribution in [3.8, 4) is 0 Å². The Morgan fingerprint density at radius 2 is 1.81 bits per heavy atom. The molecule has 6 heteroatoms. The molecule has 0 spiro atoms. The molecule has 2 rings (SSSR count). The lowest BCUT2D eigenvalue weighted by molar-refractivity contribution is 0.0784. The normalized spacial score (nSPS) is 10.5. The summed E-state index contributed by atoms with van der Waals surface area (Å²) in [5.74, 6) is -0.752. The summed E-state index contributed by atoms with van der Waals surface area (Å²) in [7, 11) is 1.64. The van der Waals surface area contributed by atoms with Gasteiger partial charge in [0.2, 0.25) is 0 Å². The van der Waals surface area contributed by atoms with E-state index in [9.17, 15) is 9.18 Å². The highest BCUT2D eigenvalue weighted by Crippen LogP contribution is 2.21. The first-order chi connectivity index (χ1) is 9.86. The van der Waals surface area contributed by atoms with Gasteiger partial charge in [-0.1, -0.05) is 23.2 Å². The zero-order chi connectivity index (χ0) is 15.6. The molecule has 0 unspecified atom stereocenters. The van der Waals surface area contributed by atoms with Gasteiger partial charge in [-0.25, -0.2) is 4.39 Å². The minimum absolute atomic E-state index is 0.280. The molecule has 1 amide bonds. The van der Waals surface area contributed by atoms with E-state index in [1.54, 1.807) is 31.3 Å². The molecule has 21 heavy (non-hydrogen) atoms. The second kappa shape index (κ2) is 6.77. The molecule has 0 aliphatic carbocycles. The van der Waals surface area contributed by atoms with Crippen LogP contribution in [0.3, 0.4) is 0 Å². The summed E-state index contributed by atoms with van der Waals surface area (Å²) in [6, 6.07) is 9.37. The predicted octanol–water partition coefficient (Wildman–Crippen LogP) is 5.17. The Morgan fingerprint density at radius 3 is 2.38 bits per heavy atom. The fourth-order valence-electron chi connectivity index (χ4n) is 1.90. The van der Waals surface area contributed by atoms with E-state index in [1.807, 2.05) is 0 Å². The van der Waals surface area contributed by atoms with Gasteiger partial charge in [0.05, 0.1) is 4.47 Å². The summed E-state index contributed by atoms with van der Waals surface area (Å²) in [4.78, 5) is 13.7. The van der Waals surface area contributed by atoms with Gasteiger partial charge in [0.1, 0.15) is 5.82 Å². The number of benzene rings is 2. The van der Waals surface area contributed by atoms with Crippen LogP contribution in [0.2, 0.25) is 10.0 Å². The van der Waals surface area contributed by atoms with E-state index in [4.69, 9.17) is 23.2 Å². The Bertz CT molecular complexity index is 673. The molecule has 0 saturated heterocycles. The average molecular weight is 391 g/mol. The van der Waals surface area contributed by atoms with Gasteiger partial charge in [-0.3, -0.25) is 4.79 Å². The highest BCUT2D eigenvalue weighted by atomic mass is 79.9. The Balaban J connectivity index is 2.17. The first kappa shape index (κ1) is 16.3. The lowest BCUT2D eigenvalue weighted by atomic mass is 10.1. The minimum atomic E-state index is -0.472. The SMILES string of the molecule is CN(Cc1cc(Cl)cc(Cl)c1)C(=O)c1ccc(Br)c(F)c1. The summed E-state index contributed by atoms with van der Waals surface area (Å²) >= 11 is 14.9. The molecule has 0 bridgehead atoms. The number of halogens is 4. The second-order valence-corrected chi connectivity index (χ2v) is 6.30. The van der Waals surface area contributed by atoms with Crippen LogP contribution in [0.1, 0.15) is 15.9 Å². The van der Waals surface area contributed by atoms with Crippen LogP contribution in [-0.2, 0) is 6.54 Å². The third-order valence-corrected chi connectivity index (χ3v) is 3.93. The summed E-state index contributed by atoms with van der Waals surface area (Å²) in [6.45, 7) is 0.330. The molecule has 110 valence electrons. The van der Waals surface area contributed by atoms with Crippen LogP contribution < -0.4 is 0 Å². The molecule has 0 aliphatic heterocycles. The van der Waals surface area contributed by atoms with Gasteiger partial charge in [0, 0.05) is 29.2 Å². The third-order valence-electron chi connectivity index (χ3n) is 2.86. The van der Waals surface area contributed by atoms with Crippen LogP contribution in [0, 0.1) is 5.82 Å². The molecule has 0 heterocycles. The van der Waals surface area contributed by atoms with Gasteiger partial charge in [0.15, 0.2) is 0 Å². The van der Waals surface area contributed by atoms with E-state index in [2.05, 4.69) is 15.9 Å². The molecule has 2 aromatic carbocycles. The number of hydrogen-bond donors (Lipinski definition) is 0. The van der Waals surface area contributed by atoms with Crippen LogP contribution in [0.4, 0.5) is 4.39 Å². The summed E-state index contributed by atoms with van der Waals surface area (Å²) in [5, 5.41) is 1.01. The molecule has 0 aromatic heterocycles. The number of amides is 1.